The number of carbonyl (C=O) groups is 1. The average Bonchev–Trinajstić information content (AvgIpc) is 2.99. The predicted octanol–water partition coefficient (Wildman–Crippen LogP) is 2.86. The minimum absolute atomic E-state index is 0. The van der Waals surface area contributed by atoms with Crippen molar-refractivity contribution in [1.29, 1.82) is 0 Å². The minimum Gasteiger partial charge on any atom is -0.337 e. The van der Waals surface area contributed by atoms with E-state index in [0.29, 0.717) is 29.5 Å². The molecule has 9 heteroatoms. The van der Waals surface area contributed by atoms with Crippen LogP contribution in [0, 0.1) is 18.7 Å². The van der Waals surface area contributed by atoms with Crippen molar-refractivity contribution >= 4 is 29.9 Å². The Bertz CT molecular complexity index is 781. The van der Waals surface area contributed by atoms with Crippen LogP contribution in [-0.4, -0.2) is 52.5 Å². The van der Waals surface area contributed by atoms with E-state index in [2.05, 4.69) is 15.6 Å². The predicted molar refractivity (Wildman–Crippen MR) is 101 cm³/mol. The van der Waals surface area contributed by atoms with Crippen LogP contribution in [0.25, 0.3) is 5.69 Å². The van der Waals surface area contributed by atoms with Crippen molar-refractivity contribution in [2.45, 2.75) is 19.8 Å². The Morgan fingerprint density at radius 1 is 1.46 bits per heavy atom. The summed E-state index contributed by atoms with van der Waals surface area (Å²) in [6, 6.07) is 4.30. The molecule has 1 amide bonds. The highest BCUT2D eigenvalue weighted by Crippen LogP contribution is 2.22. The molecule has 1 aliphatic heterocycles. The molecule has 1 aliphatic rings. The summed E-state index contributed by atoms with van der Waals surface area (Å²) in [4.78, 5) is 14.7. The third kappa shape index (κ3) is 4.16. The third-order valence-electron chi connectivity index (χ3n) is 4.54. The highest BCUT2D eigenvalue weighted by atomic mass is 35.5. The fourth-order valence-electron chi connectivity index (χ4n) is 3.24. The van der Waals surface area contributed by atoms with Gasteiger partial charge in [0.15, 0.2) is 5.69 Å². The molecule has 142 valence electrons. The molecule has 26 heavy (non-hydrogen) atoms. The van der Waals surface area contributed by atoms with Crippen LogP contribution in [0.15, 0.2) is 18.2 Å². The molecule has 1 saturated heterocycles. The molecule has 0 radical (unpaired) electrons. The summed E-state index contributed by atoms with van der Waals surface area (Å²) in [6.45, 7) is 4.12. The van der Waals surface area contributed by atoms with Crippen LogP contribution in [0.2, 0.25) is 5.02 Å². The Labute approximate surface area is 163 Å². The third-order valence-corrected chi connectivity index (χ3v) is 4.83. The van der Waals surface area contributed by atoms with Gasteiger partial charge in [0.05, 0.1) is 16.4 Å². The maximum Gasteiger partial charge on any atom is 0.276 e. The van der Waals surface area contributed by atoms with E-state index in [1.165, 1.54) is 16.8 Å². The maximum atomic E-state index is 13.3. The molecule has 1 fully saturated rings. The Morgan fingerprint density at radius 2 is 2.23 bits per heavy atom. The molecular weight excluding hydrogens is 380 g/mol. The van der Waals surface area contributed by atoms with Gasteiger partial charge in [-0.05, 0) is 57.5 Å². The molecule has 1 aromatic heterocycles. The van der Waals surface area contributed by atoms with Crippen molar-refractivity contribution in [2.75, 3.05) is 26.7 Å². The standard InChI is InChI=1S/C17H21ClFN5O.ClH/c1-11-16(17(25)23-7-3-4-12(10-23)9-20-2)21-22-24(11)13-5-6-15(19)14(18)8-13;/h5-6,8,12,20H,3-4,7,9-10H2,1-2H3;1H. The van der Waals surface area contributed by atoms with Gasteiger partial charge in [-0.3, -0.25) is 4.79 Å². The van der Waals surface area contributed by atoms with Crippen LogP contribution in [0.3, 0.4) is 0 Å². The van der Waals surface area contributed by atoms with Crippen LogP contribution in [0.5, 0.6) is 0 Å². The Balaban J connectivity index is 0.00000243. The van der Waals surface area contributed by atoms with Crippen LogP contribution in [0.1, 0.15) is 29.0 Å². The van der Waals surface area contributed by atoms with Gasteiger partial charge < -0.3 is 10.2 Å². The van der Waals surface area contributed by atoms with Gasteiger partial charge in [-0.25, -0.2) is 9.07 Å². The zero-order valence-electron chi connectivity index (χ0n) is 14.7. The van der Waals surface area contributed by atoms with E-state index in [1.807, 2.05) is 11.9 Å². The summed E-state index contributed by atoms with van der Waals surface area (Å²) < 4.78 is 14.9. The number of amides is 1. The maximum absolute atomic E-state index is 13.3. The number of benzene rings is 1. The molecule has 1 atom stereocenters. The van der Waals surface area contributed by atoms with Gasteiger partial charge in [0.1, 0.15) is 5.82 Å². The van der Waals surface area contributed by atoms with E-state index in [1.54, 1.807) is 13.0 Å². The first kappa shape index (κ1) is 20.6. The van der Waals surface area contributed by atoms with Crippen LogP contribution < -0.4 is 5.32 Å². The molecule has 3 rings (SSSR count). The van der Waals surface area contributed by atoms with Crippen molar-refractivity contribution in [3.05, 3.63) is 40.4 Å². The largest absolute Gasteiger partial charge is 0.337 e. The number of carbonyl (C=O) groups excluding carboxylic acids is 1. The first-order valence-corrected chi connectivity index (χ1v) is 8.70. The summed E-state index contributed by atoms with van der Waals surface area (Å²) >= 11 is 5.84. The van der Waals surface area contributed by atoms with Gasteiger partial charge in [0, 0.05) is 13.1 Å². The summed E-state index contributed by atoms with van der Waals surface area (Å²) in [7, 11) is 1.92. The second-order valence-electron chi connectivity index (χ2n) is 6.35. The fraction of sp³-hybridized carbons (Fsp3) is 0.471. The van der Waals surface area contributed by atoms with E-state index in [0.717, 1.165) is 25.9 Å². The number of hydrogen-bond donors (Lipinski definition) is 1. The van der Waals surface area contributed by atoms with Crippen molar-refractivity contribution in [3.63, 3.8) is 0 Å². The quantitative estimate of drug-likeness (QED) is 0.855. The number of piperidine rings is 1. The lowest BCUT2D eigenvalue weighted by molar-refractivity contribution is 0.0667. The topological polar surface area (TPSA) is 63.1 Å². The normalized spacial score (nSPS) is 17.1. The molecule has 2 aromatic rings. The highest BCUT2D eigenvalue weighted by molar-refractivity contribution is 6.30. The van der Waals surface area contributed by atoms with Crippen molar-refractivity contribution < 1.29 is 9.18 Å². The van der Waals surface area contributed by atoms with E-state index >= 15 is 0 Å². The van der Waals surface area contributed by atoms with Crippen molar-refractivity contribution in [2.24, 2.45) is 5.92 Å². The fourth-order valence-corrected chi connectivity index (χ4v) is 3.42. The first-order valence-electron chi connectivity index (χ1n) is 8.33. The highest BCUT2D eigenvalue weighted by Gasteiger charge is 2.27. The molecule has 0 bridgehead atoms. The van der Waals surface area contributed by atoms with E-state index < -0.39 is 5.82 Å². The number of halogens is 3. The molecule has 1 aromatic carbocycles. The number of likely N-dealkylation sites (tertiary alicyclic amines) is 1. The monoisotopic (exact) mass is 401 g/mol. The second kappa shape index (κ2) is 8.79. The lowest BCUT2D eigenvalue weighted by Crippen LogP contribution is -2.42. The first-order chi connectivity index (χ1) is 12.0. The van der Waals surface area contributed by atoms with E-state index in [-0.39, 0.29) is 23.3 Å². The summed E-state index contributed by atoms with van der Waals surface area (Å²) in [5.74, 6) is -0.157. The number of nitrogens with zero attached hydrogens (tertiary/aromatic N) is 4. The molecule has 0 aliphatic carbocycles. The van der Waals surface area contributed by atoms with Crippen LogP contribution in [0.4, 0.5) is 4.39 Å². The zero-order chi connectivity index (χ0) is 18.0. The summed E-state index contributed by atoms with van der Waals surface area (Å²) in [5.41, 5.74) is 1.51. The number of nitrogens with one attached hydrogen (secondary N) is 1. The Kier molecular flexibility index (Phi) is 6.97. The average molecular weight is 402 g/mol. The summed E-state index contributed by atoms with van der Waals surface area (Å²) in [6.07, 6.45) is 2.10. The molecule has 6 nitrogen and oxygen atoms in total. The molecule has 1 N–H and O–H groups in total. The van der Waals surface area contributed by atoms with Gasteiger partial charge in [-0.2, -0.15) is 0 Å². The van der Waals surface area contributed by atoms with Crippen LogP contribution >= 0.6 is 24.0 Å². The number of aromatic nitrogens is 3. The summed E-state index contributed by atoms with van der Waals surface area (Å²) in [5, 5.41) is 11.3. The molecule has 1 unspecified atom stereocenters. The van der Waals surface area contributed by atoms with Gasteiger partial charge >= 0.3 is 0 Å². The lowest BCUT2D eigenvalue weighted by atomic mass is 9.97. The van der Waals surface area contributed by atoms with Crippen LogP contribution in [-0.2, 0) is 0 Å². The minimum atomic E-state index is -0.497. The smallest absolute Gasteiger partial charge is 0.276 e. The van der Waals surface area contributed by atoms with Gasteiger partial charge in [0.2, 0.25) is 0 Å². The Hall–Kier alpha value is -1.70. The number of rotatable bonds is 4. The molecule has 2 heterocycles. The van der Waals surface area contributed by atoms with Crippen molar-refractivity contribution in [3.8, 4) is 5.69 Å². The van der Waals surface area contributed by atoms with E-state index in [9.17, 15) is 9.18 Å². The SMILES string of the molecule is CNCC1CCCN(C(=O)c2nnn(-c3ccc(F)c(Cl)c3)c2C)C1.Cl. The Morgan fingerprint density at radius 3 is 2.92 bits per heavy atom. The molecular formula is C17H22Cl2FN5O. The van der Waals surface area contributed by atoms with Gasteiger partial charge in [-0.1, -0.05) is 16.8 Å². The molecule has 0 spiro atoms. The van der Waals surface area contributed by atoms with E-state index in [4.69, 9.17) is 11.6 Å². The number of hydrogen-bond acceptors (Lipinski definition) is 4. The van der Waals surface area contributed by atoms with Crippen molar-refractivity contribution in [1.82, 2.24) is 25.2 Å². The second-order valence-corrected chi connectivity index (χ2v) is 6.76. The molecule has 0 saturated carbocycles. The van der Waals surface area contributed by atoms with Gasteiger partial charge in [0.25, 0.3) is 5.91 Å². The lowest BCUT2D eigenvalue weighted by Gasteiger charge is -2.32. The zero-order valence-corrected chi connectivity index (χ0v) is 16.3. The van der Waals surface area contributed by atoms with Gasteiger partial charge in [-0.15, -0.1) is 17.5 Å².